The zero-order valence-electron chi connectivity index (χ0n) is 9.84. The predicted octanol–water partition coefficient (Wildman–Crippen LogP) is 2.86. The summed E-state index contributed by atoms with van der Waals surface area (Å²) in [6.45, 7) is 3.61. The van der Waals surface area contributed by atoms with Gasteiger partial charge in [-0.2, -0.15) is 0 Å². The van der Waals surface area contributed by atoms with Crippen LogP contribution in [0.1, 0.15) is 5.56 Å². The molecule has 1 rings (SSSR count). The Morgan fingerprint density at radius 1 is 1.29 bits per heavy atom. The highest BCUT2D eigenvalue weighted by atomic mass is 79.9. The molecule has 0 saturated heterocycles. The van der Waals surface area contributed by atoms with Gasteiger partial charge in [0.25, 0.3) is 0 Å². The van der Waals surface area contributed by atoms with Crippen LogP contribution in [0.2, 0.25) is 5.02 Å². The maximum Gasteiger partial charge on any atom is 0.0700 e. The van der Waals surface area contributed by atoms with Gasteiger partial charge in [0.05, 0.1) is 24.8 Å². The Kier molecular flexibility index (Phi) is 7.81. The van der Waals surface area contributed by atoms with Gasteiger partial charge in [0.1, 0.15) is 0 Å². The summed E-state index contributed by atoms with van der Waals surface area (Å²) in [5.41, 5.74) is 1.19. The van der Waals surface area contributed by atoms with Crippen molar-refractivity contribution >= 4 is 27.5 Å². The molecule has 0 bridgehead atoms. The van der Waals surface area contributed by atoms with Crippen LogP contribution in [0, 0.1) is 0 Å². The molecular weight excluding hydrogens is 305 g/mol. The normalized spacial score (nSPS) is 10.8. The van der Waals surface area contributed by atoms with Crippen LogP contribution in [0.5, 0.6) is 0 Å². The molecule has 0 aliphatic carbocycles. The topological polar surface area (TPSA) is 30.5 Å². The summed E-state index contributed by atoms with van der Waals surface area (Å²) in [5.74, 6) is 0. The fraction of sp³-hybridized carbons (Fsp3) is 0.500. The molecule has 0 atom stereocenters. The molecule has 5 heteroatoms. The highest BCUT2D eigenvalue weighted by Gasteiger charge is 1.98. The van der Waals surface area contributed by atoms with Crippen molar-refractivity contribution < 1.29 is 9.47 Å². The molecule has 1 aromatic rings. The van der Waals surface area contributed by atoms with E-state index in [9.17, 15) is 0 Å². The molecule has 0 heterocycles. The zero-order chi connectivity index (χ0) is 12.5. The molecule has 1 aromatic carbocycles. The summed E-state index contributed by atoms with van der Waals surface area (Å²) in [4.78, 5) is 0. The van der Waals surface area contributed by atoms with E-state index in [1.807, 2.05) is 18.2 Å². The Bertz CT molecular complexity index is 336. The minimum Gasteiger partial charge on any atom is -0.382 e. The average Bonchev–Trinajstić information content (AvgIpc) is 2.32. The van der Waals surface area contributed by atoms with E-state index in [0.29, 0.717) is 19.8 Å². The molecule has 0 radical (unpaired) electrons. The van der Waals surface area contributed by atoms with Crippen LogP contribution in [-0.4, -0.2) is 33.5 Å². The molecule has 0 saturated carbocycles. The van der Waals surface area contributed by atoms with Gasteiger partial charge >= 0.3 is 0 Å². The van der Waals surface area contributed by atoms with E-state index in [2.05, 4.69) is 21.2 Å². The van der Waals surface area contributed by atoms with E-state index >= 15 is 0 Å². The molecule has 0 fully saturated rings. The standard InChI is InChI=1S/C12H17BrClNO2/c1-16-6-7-17-5-4-15-9-10-2-3-12(14)11(13)8-10/h2-3,8,15H,4-7,9H2,1H3. The van der Waals surface area contributed by atoms with Crippen molar-refractivity contribution in [2.45, 2.75) is 6.54 Å². The molecule has 0 unspecified atom stereocenters. The van der Waals surface area contributed by atoms with Crippen molar-refractivity contribution in [3.8, 4) is 0 Å². The smallest absolute Gasteiger partial charge is 0.0700 e. The van der Waals surface area contributed by atoms with Crippen LogP contribution in [0.4, 0.5) is 0 Å². The van der Waals surface area contributed by atoms with Gasteiger partial charge in [-0.25, -0.2) is 0 Å². The highest BCUT2D eigenvalue weighted by Crippen LogP contribution is 2.22. The van der Waals surface area contributed by atoms with Crippen molar-refractivity contribution in [2.24, 2.45) is 0 Å². The summed E-state index contributed by atoms with van der Waals surface area (Å²) in [6.07, 6.45) is 0. The lowest BCUT2D eigenvalue weighted by atomic mass is 10.2. The summed E-state index contributed by atoms with van der Waals surface area (Å²) in [5, 5.41) is 4.03. The SMILES string of the molecule is COCCOCCNCc1ccc(Cl)c(Br)c1. The lowest BCUT2D eigenvalue weighted by Gasteiger charge is -2.07. The second-order valence-electron chi connectivity index (χ2n) is 3.53. The lowest BCUT2D eigenvalue weighted by Crippen LogP contribution is -2.20. The predicted molar refractivity (Wildman–Crippen MR) is 73.6 cm³/mol. The largest absolute Gasteiger partial charge is 0.382 e. The fourth-order valence-electron chi connectivity index (χ4n) is 1.27. The molecular formula is C12H17BrClNO2. The maximum atomic E-state index is 5.91. The van der Waals surface area contributed by atoms with Crippen molar-refractivity contribution in [1.82, 2.24) is 5.32 Å². The maximum absolute atomic E-state index is 5.91. The quantitative estimate of drug-likeness (QED) is 0.747. The summed E-state index contributed by atoms with van der Waals surface area (Å²) in [6, 6.07) is 5.91. The molecule has 0 aromatic heterocycles. The first kappa shape index (κ1) is 14.9. The molecule has 96 valence electrons. The van der Waals surface area contributed by atoms with Gasteiger partial charge in [-0.05, 0) is 33.6 Å². The molecule has 1 N–H and O–H groups in total. The third kappa shape index (κ3) is 6.38. The third-order valence-electron chi connectivity index (χ3n) is 2.17. The van der Waals surface area contributed by atoms with Crippen LogP contribution in [-0.2, 0) is 16.0 Å². The lowest BCUT2D eigenvalue weighted by molar-refractivity contribution is 0.0719. The molecule has 0 aliphatic rings. The number of methoxy groups -OCH3 is 1. The van der Waals surface area contributed by atoms with Crippen LogP contribution in [0.3, 0.4) is 0 Å². The van der Waals surface area contributed by atoms with Gasteiger partial charge in [0.2, 0.25) is 0 Å². The Morgan fingerprint density at radius 3 is 2.82 bits per heavy atom. The van der Waals surface area contributed by atoms with Crippen LogP contribution in [0.15, 0.2) is 22.7 Å². The minimum atomic E-state index is 0.643. The van der Waals surface area contributed by atoms with Gasteiger partial charge in [-0.3, -0.25) is 0 Å². The minimum absolute atomic E-state index is 0.643. The first-order valence-electron chi connectivity index (χ1n) is 5.45. The Balaban J connectivity index is 2.11. The zero-order valence-corrected chi connectivity index (χ0v) is 12.2. The van der Waals surface area contributed by atoms with Crippen LogP contribution < -0.4 is 5.32 Å². The molecule has 0 spiro atoms. The summed E-state index contributed by atoms with van der Waals surface area (Å²) in [7, 11) is 1.67. The van der Waals surface area contributed by atoms with Gasteiger partial charge in [-0.15, -0.1) is 0 Å². The highest BCUT2D eigenvalue weighted by molar-refractivity contribution is 9.10. The summed E-state index contributed by atoms with van der Waals surface area (Å²) < 4.78 is 11.1. The Morgan fingerprint density at radius 2 is 2.12 bits per heavy atom. The average molecular weight is 323 g/mol. The molecule has 3 nitrogen and oxygen atoms in total. The third-order valence-corrected chi connectivity index (χ3v) is 3.38. The number of halogens is 2. The van der Waals surface area contributed by atoms with Gasteiger partial charge < -0.3 is 14.8 Å². The van der Waals surface area contributed by atoms with Crippen LogP contribution >= 0.6 is 27.5 Å². The van der Waals surface area contributed by atoms with E-state index in [-0.39, 0.29) is 0 Å². The van der Waals surface area contributed by atoms with E-state index in [1.165, 1.54) is 5.56 Å². The second-order valence-corrected chi connectivity index (χ2v) is 4.79. The second kappa shape index (κ2) is 8.89. The van der Waals surface area contributed by atoms with Gasteiger partial charge in [0, 0.05) is 24.7 Å². The number of hydrogen-bond acceptors (Lipinski definition) is 3. The Hall–Kier alpha value is -0.130. The van der Waals surface area contributed by atoms with Gasteiger partial charge in [0.15, 0.2) is 0 Å². The number of rotatable bonds is 8. The van der Waals surface area contributed by atoms with Crippen molar-refractivity contribution in [3.05, 3.63) is 33.3 Å². The van der Waals surface area contributed by atoms with Crippen molar-refractivity contribution in [3.63, 3.8) is 0 Å². The molecule has 17 heavy (non-hydrogen) atoms. The van der Waals surface area contributed by atoms with Crippen molar-refractivity contribution in [1.29, 1.82) is 0 Å². The Labute approximate surface area is 116 Å². The van der Waals surface area contributed by atoms with E-state index in [0.717, 1.165) is 22.6 Å². The van der Waals surface area contributed by atoms with E-state index in [4.69, 9.17) is 21.1 Å². The molecule has 0 amide bonds. The number of hydrogen-bond donors (Lipinski definition) is 1. The van der Waals surface area contributed by atoms with Gasteiger partial charge in [-0.1, -0.05) is 17.7 Å². The number of benzene rings is 1. The number of nitrogens with one attached hydrogen (secondary N) is 1. The first-order chi connectivity index (χ1) is 8.24. The van der Waals surface area contributed by atoms with E-state index < -0.39 is 0 Å². The monoisotopic (exact) mass is 321 g/mol. The van der Waals surface area contributed by atoms with Crippen molar-refractivity contribution in [2.75, 3.05) is 33.5 Å². The van der Waals surface area contributed by atoms with E-state index in [1.54, 1.807) is 7.11 Å². The fourth-order valence-corrected chi connectivity index (χ4v) is 1.81. The summed E-state index contributed by atoms with van der Waals surface area (Å²) >= 11 is 9.31. The molecule has 0 aliphatic heterocycles. The number of ether oxygens (including phenoxy) is 2. The first-order valence-corrected chi connectivity index (χ1v) is 6.62. The van der Waals surface area contributed by atoms with Crippen LogP contribution in [0.25, 0.3) is 0 Å².